The number of rotatable bonds is 5. The fourth-order valence-corrected chi connectivity index (χ4v) is 2.26. The molecule has 0 unspecified atom stereocenters. The minimum absolute atomic E-state index is 0.756. The lowest BCUT2D eigenvalue weighted by atomic mass is 10.1. The van der Waals surface area contributed by atoms with Crippen molar-refractivity contribution in [3.05, 3.63) is 29.3 Å². The zero-order chi connectivity index (χ0) is 13.8. The first-order valence-electron chi connectivity index (χ1n) is 7.56. The quantitative estimate of drug-likeness (QED) is 0.864. The summed E-state index contributed by atoms with van der Waals surface area (Å²) in [5.41, 5.74) is 2.44. The maximum Gasteiger partial charge on any atom is 0.191 e. The van der Waals surface area contributed by atoms with Crippen LogP contribution < -0.4 is 15.4 Å². The van der Waals surface area contributed by atoms with E-state index in [1.54, 1.807) is 0 Å². The van der Waals surface area contributed by atoms with Gasteiger partial charge >= 0.3 is 0 Å². The summed E-state index contributed by atoms with van der Waals surface area (Å²) in [6, 6.07) is 6.42. The van der Waals surface area contributed by atoms with Gasteiger partial charge in [0, 0.05) is 25.2 Å². The molecule has 0 radical (unpaired) electrons. The lowest BCUT2D eigenvalue weighted by molar-refractivity contribution is 0.296. The second kappa shape index (κ2) is 6.16. The zero-order valence-electron chi connectivity index (χ0n) is 12.1. The number of aryl methyl sites for hydroxylation is 1. The van der Waals surface area contributed by atoms with E-state index in [0.717, 1.165) is 50.3 Å². The molecule has 1 fully saturated rings. The third kappa shape index (κ3) is 3.65. The predicted molar refractivity (Wildman–Crippen MR) is 81.2 cm³/mol. The first kappa shape index (κ1) is 13.3. The molecular weight excluding hydrogens is 250 g/mol. The number of aliphatic imine (C=N–C) groups is 1. The standard InChI is InChI=1S/C16H23N3O/c1-12-3-6-14(10-19-16-17-7-2-8-18-16)15(9-12)20-11-13-4-5-13/h3,6,9,13H,2,4-5,7-8,10-11H2,1H3,(H2,17,18,19). The van der Waals surface area contributed by atoms with Crippen LogP contribution in [0.5, 0.6) is 5.75 Å². The van der Waals surface area contributed by atoms with Crippen molar-refractivity contribution >= 4 is 5.96 Å². The first-order valence-corrected chi connectivity index (χ1v) is 7.56. The second-order valence-electron chi connectivity index (χ2n) is 5.73. The molecule has 1 aliphatic carbocycles. The van der Waals surface area contributed by atoms with E-state index >= 15 is 0 Å². The van der Waals surface area contributed by atoms with E-state index < -0.39 is 0 Å². The van der Waals surface area contributed by atoms with E-state index in [1.165, 1.54) is 24.0 Å². The Morgan fingerprint density at radius 1 is 1.40 bits per heavy atom. The van der Waals surface area contributed by atoms with Crippen molar-refractivity contribution < 1.29 is 4.74 Å². The van der Waals surface area contributed by atoms with Crippen molar-refractivity contribution in [2.75, 3.05) is 19.7 Å². The van der Waals surface area contributed by atoms with Gasteiger partial charge in [0.05, 0.1) is 6.61 Å². The number of benzene rings is 1. The highest BCUT2D eigenvalue weighted by atomic mass is 16.5. The molecule has 1 saturated carbocycles. The highest BCUT2D eigenvalue weighted by molar-refractivity contribution is 5.80. The molecule has 1 aliphatic heterocycles. The molecule has 2 aliphatic rings. The maximum atomic E-state index is 5.98. The highest BCUT2D eigenvalue weighted by Crippen LogP contribution is 2.30. The monoisotopic (exact) mass is 273 g/mol. The van der Waals surface area contributed by atoms with Crippen molar-refractivity contribution in [3.8, 4) is 5.75 Å². The van der Waals surface area contributed by atoms with E-state index in [4.69, 9.17) is 4.74 Å². The Morgan fingerprint density at radius 2 is 2.30 bits per heavy atom. The molecule has 0 aromatic heterocycles. The minimum Gasteiger partial charge on any atom is -0.493 e. The van der Waals surface area contributed by atoms with Gasteiger partial charge in [-0.25, -0.2) is 0 Å². The third-order valence-electron chi connectivity index (χ3n) is 3.74. The van der Waals surface area contributed by atoms with Crippen LogP contribution in [0.25, 0.3) is 0 Å². The van der Waals surface area contributed by atoms with Crippen molar-refractivity contribution in [2.45, 2.75) is 32.7 Å². The molecule has 4 heteroatoms. The van der Waals surface area contributed by atoms with E-state index in [1.807, 2.05) is 0 Å². The van der Waals surface area contributed by atoms with Crippen LogP contribution in [0.2, 0.25) is 0 Å². The van der Waals surface area contributed by atoms with Crippen LogP contribution in [0.1, 0.15) is 30.4 Å². The Morgan fingerprint density at radius 3 is 3.05 bits per heavy atom. The second-order valence-corrected chi connectivity index (χ2v) is 5.73. The average molecular weight is 273 g/mol. The van der Waals surface area contributed by atoms with Crippen LogP contribution in [0, 0.1) is 12.8 Å². The fraction of sp³-hybridized carbons (Fsp3) is 0.562. The summed E-state index contributed by atoms with van der Waals surface area (Å²) in [5, 5.41) is 6.64. The van der Waals surface area contributed by atoms with Gasteiger partial charge in [0.15, 0.2) is 5.96 Å². The molecule has 20 heavy (non-hydrogen) atoms. The Kier molecular flexibility index (Phi) is 4.09. The van der Waals surface area contributed by atoms with E-state index in [9.17, 15) is 0 Å². The van der Waals surface area contributed by atoms with Crippen LogP contribution in [-0.4, -0.2) is 25.7 Å². The fourth-order valence-electron chi connectivity index (χ4n) is 2.26. The molecule has 108 valence electrons. The molecule has 0 spiro atoms. The molecule has 0 atom stereocenters. The average Bonchev–Trinajstić information content (AvgIpc) is 3.29. The normalized spacial score (nSPS) is 18.1. The topological polar surface area (TPSA) is 45.7 Å². The maximum absolute atomic E-state index is 5.98. The van der Waals surface area contributed by atoms with Gasteiger partial charge in [0.25, 0.3) is 0 Å². The largest absolute Gasteiger partial charge is 0.493 e. The zero-order valence-corrected chi connectivity index (χ0v) is 12.1. The lowest BCUT2D eigenvalue weighted by Crippen LogP contribution is -2.40. The summed E-state index contributed by atoms with van der Waals surface area (Å²) in [6.45, 7) is 5.63. The van der Waals surface area contributed by atoms with Crippen molar-refractivity contribution in [1.82, 2.24) is 10.6 Å². The summed E-state index contributed by atoms with van der Waals surface area (Å²) in [6.07, 6.45) is 3.76. The summed E-state index contributed by atoms with van der Waals surface area (Å²) in [5.74, 6) is 2.70. The Labute approximate surface area is 120 Å². The molecule has 0 bridgehead atoms. The minimum atomic E-state index is 0.756. The van der Waals surface area contributed by atoms with E-state index in [-0.39, 0.29) is 0 Å². The van der Waals surface area contributed by atoms with Crippen LogP contribution >= 0.6 is 0 Å². The van der Waals surface area contributed by atoms with Gasteiger partial charge in [0.2, 0.25) is 0 Å². The van der Waals surface area contributed by atoms with Gasteiger partial charge in [-0.3, -0.25) is 4.99 Å². The summed E-state index contributed by atoms with van der Waals surface area (Å²) >= 11 is 0. The molecule has 0 saturated heterocycles. The number of hydrogen-bond donors (Lipinski definition) is 2. The number of ether oxygens (including phenoxy) is 1. The Hall–Kier alpha value is -1.71. The SMILES string of the molecule is Cc1ccc(CNC2=NCCCN2)c(OCC2CC2)c1. The third-order valence-corrected chi connectivity index (χ3v) is 3.74. The summed E-state index contributed by atoms with van der Waals surface area (Å²) in [4.78, 5) is 4.43. The number of nitrogens with one attached hydrogen (secondary N) is 2. The van der Waals surface area contributed by atoms with Crippen LogP contribution in [0.4, 0.5) is 0 Å². The van der Waals surface area contributed by atoms with Gasteiger partial charge in [0.1, 0.15) is 5.75 Å². The Bertz CT molecular complexity index is 494. The molecule has 4 nitrogen and oxygen atoms in total. The predicted octanol–water partition coefficient (Wildman–Crippen LogP) is 2.22. The number of hydrogen-bond acceptors (Lipinski definition) is 4. The van der Waals surface area contributed by atoms with Crippen LogP contribution in [0.15, 0.2) is 23.2 Å². The van der Waals surface area contributed by atoms with Gasteiger partial charge in [-0.15, -0.1) is 0 Å². The van der Waals surface area contributed by atoms with Gasteiger partial charge < -0.3 is 15.4 Å². The lowest BCUT2D eigenvalue weighted by Gasteiger charge is -2.17. The molecule has 0 amide bonds. The molecule has 1 aromatic rings. The molecule has 1 heterocycles. The summed E-state index contributed by atoms with van der Waals surface area (Å²) < 4.78 is 5.98. The summed E-state index contributed by atoms with van der Waals surface area (Å²) in [7, 11) is 0. The van der Waals surface area contributed by atoms with E-state index in [0.29, 0.717) is 0 Å². The first-order chi connectivity index (χ1) is 9.81. The van der Waals surface area contributed by atoms with Crippen molar-refractivity contribution in [2.24, 2.45) is 10.9 Å². The van der Waals surface area contributed by atoms with Gasteiger partial charge in [-0.2, -0.15) is 0 Å². The number of nitrogens with zero attached hydrogens (tertiary/aromatic N) is 1. The van der Waals surface area contributed by atoms with Crippen LogP contribution in [0.3, 0.4) is 0 Å². The highest BCUT2D eigenvalue weighted by Gasteiger charge is 2.22. The molecular formula is C16H23N3O. The Balaban J connectivity index is 1.62. The smallest absolute Gasteiger partial charge is 0.191 e. The molecule has 2 N–H and O–H groups in total. The van der Waals surface area contributed by atoms with E-state index in [2.05, 4.69) is 40.7 Å². The molecule has 1 aromatic carbocycles. The number of guanidine groups is 1. The van der Waals surface area contributed by atoms with Crippen molar-refractivity contribution in [3.63, 3.8) is 0 Å². The van der Waals surface area contributed by atoms with Gasteiger partial charge in [-0.05, 0) is 43.7 Å². The van der Waals surface area contributed by atoms with Crippen molar-refractivity contribution in [1.29, 1.82) is 0 Å². The molecule has 3 rings (SSSR count). The van der Waals surface area contributed by atoms with Crippen LogP contribution in [-0.2, 0) is 6.54 Å². The van der Waals surface area contributed by atoms with Gasteiger partial charge in [-0.1, -0.05) is 12.1 Å².